The fourth-order valence-corrected chi connectivity index (χ4v) is 4.55. The Morgan fingerprint density at radius 1 is 0.917 bits per heavy atom. The van der Waals surface area contributed by atoms with Crippen LogP contribution < -0.4 is 27.2 Å². The van der Waals surface area contributed by atoms with Crippen molar-refractivity contribution in [3.05, 3.63) is 99.1 Å². The molecule has 3 aromatic carbocycles. The number of rotatable bonds is 9. The standard InChI is InChI=1S/C25H23N5O5S/c1-30(2)36(34,35)19-5-3-4-17(14-19)15-6-8-16(9-7-15)20(25(26)33)29-22-21(23(31)24(22)32)28-18-10-12-27-13-11-18/h3-14,20,29H,1-2H3,(H2,26,33)(H,27,28). The van der Waals surface area contributed by atoms with E-state index >= 15 is 0 Å². The Morgan fingerprint density at radius 2 is 1.56 bits per heavy atom. The van der Waals surface area contributed by atoms with E-state index in [1.54, 1.807) is 54.6 Å². The number of primary amides is 1. The second-order valence-corrected chi connectivity index (χ2v) is 10.3. The quantitative estimate of drug-likeness (QED) is 0.292. The first-order chi connectivity index (χ1) is 17.1. The molecule has 0 fully saturated rings. The predicted molar refractivity (Wildman–Crippen MR) is 137 cm³/mol. The van der Waals surface area contributed by atoms with E-state index in [0.29, 0.717) is 22.4 Å². The summed E-state index contributed by atoms with van der Waals surface area (Å²) in [4.78, 5) is 40.6. The number of nitrogens with one attached hydrogen (secondary N) is 2. The van der Waals surface area contributed by atoms with Gasteiger partial charge in [0.1, 0.15) is 17.4 Å². The van der Waals surface area contributed by atoms with Gasteiger partial charge in [-0.2, -0.15) is 0 Å². The van der Waals surface area contributed by atoms with Crippen molar-refractivity contribution in [1.29, 1.82) is 0 Å². The van der Waals surface area contributed by atoms with Crippen LogP contribution in [0.15, 0.2) is 87.5 Å². The normalized spacial score (nSPS) is 12.4. The number of pyridine rings is 1. The molecule has 4 aromatic rings. The third-order valence-corrected chi connectivity index (χ3v) is 7.43. The average Bonchev–Trinajstić information content (AvgIpc) is 2.88. The first kappa shape index (κ1) is 24.8. The van der Waals surface area contributed by atoms with Crippen molar-refractivity contribution in [2.45, 2.75) is 10.9 Å². The summed E-state index contributed by atoms with van der Waals surface area (Å²) in [6, 6.07) is 15.4. The van der Waals surface area contributed by atoms with Crippen molar-refractivity contribution in [1.82, 2.24) is 9.29 Å². The molecule has 1 aromatic heterocycles. The van der Waals surface area contributed by atoms with Crippen LogP contribution in [0.4, 0.5) is 17.1 Å². The highest BCUT2D eigenvalue weighted by Gasteiger charge is 2.27. The van der Waals surface area contributed by atoms with Crippen molar-refractivity contribution < 1.29 is 13.2 Å². The lowest BCUT2D eigenvalue weighted by Crippen LogP contribution is -2.39. The highest BCUT2D eigenvalue weighted by atomic mass is 32.2. The van der Waals surface area contributed by atoms with Crippen LogP contribution in [0.2, 0.25) is 0 Å². The first-order valence-electron chi connectivity index (χ1n) is 10.8. The van der Waals surface area contributed by atoms with Gasteiger partial charge in [0.25, 0.3) is 10.9 Å². The summed E-state index contributed by atoms with van der Waals surface area (Å²) in [7, 11) is -0.680. The van der Waals surface area contributed by atoms with E-state index in [-0.39, 0.29) is 16.3 Å². The molecule has 0 aliphatic rings. The molecule has 1 atom stereocenters. The fourth-order valence-electron chi connectivity index (χ4n) is 3.61. The van der Waals surface area contributed by atoms with E-state index in [1.165, 1.54) is 32.6 Å². The Bertz CT molecular complexity index is 1590. The van der Waals surface area contributed by atoms with Gasteiger partial charge in [0.15, 0.2) is 0 Å². The lowest BCUT2D eigenvalue weighted by atomic mass is 9.99. The van der Waals surface area contributed by atoms with Gasteiger partial charge in [-0.3, -0.25) is 19.4 Å². The Kier molecular flexibility index (Phi) is 6.69. The highest BCUT2D eigenvalue weighted by molar-refractivity contribution is 7.89. The zero-order valence-electron chi connectivity index (χ0n) is 19.4. The van der Waals surface area contributed by atoms with Gasteiger partial charge in [-0.25, -0.2) is 12.7 Å². The number of carbonyl (C=O) groups excluding carboxylic acids is 1. The van der Waals surface area contributed by atoms with Crippen LogP contribution in [0.25, 0.3) is 11.1 Å². The summed E-state index contributed by atoms with van der Waals surface area (Å²) < 4.78 is 26.1. The summed E-state index contributed by atoms with van der Waals surface area (Å²) in [5, 5.41) is 5.65. The van der Waals surface area contributed by atoms with E-state index in [4.69, 9.17) is 5.73 Å². The SMILES string of the molecule is CN(C)S(=O)(=O)c1cccc(-c2ccc(C(Nc3c(Nc4ccncc4)c(=O)c3=O)C(N)=O)cc2)c1. The van der Waals surface area contributed by atoms with E-state index in [9.17, 15) is 22.8 Å². The number of amides is 1. The molecule has 184 valence electrons. The molecule has 0 bridgehead atoms. The smallest absolute Gasteiger partial charge is 0.253 e. The van der Waals surface area contributed by atoms with Crippen LogP contribution in [-0.4, -0.2) is 37.7 Å². The van der Waals surface area contributed by atoms with E-state index in [1.807, 2.05) is 0 Å². The Balaban J connectivity index is 1.60. The molecule has 4 rings (SSSR count). The zero-order chi connectivity index (χ0) is 26.0. The van der Waals surface area contributed by atoms with Crippen molar-refractivity contribution in [3.8, 4) is 11.1 Å². The van der Waals surface area contributed by atoms with E-state index < -0.39 is 32.8 Å². The van der Waals surface area contributed by atoms with Crippen LogP contribution in [0.3, 0.4) is 0 Å². The molecule has 0 aliphatic carbocycles. The molecule has 36 heavy (non-hydrogen) atoms. The molecule has 0 aliphatic heterocycles. The number of hydrogen-bond acceptors (Lipinski definition) is 8. The summed E-state index contributed by atoms with van der Waals surface area (Å²) in [5.41, 5.74) is 6.53. The Hall–Kier alpha value is -4.35. The van der Waals surface area contributed by atoms with Gasteiger partial charge in [-0.05, 0) is 41.0 Å². The van der Waals surface area contributed by atoms with Crippen LogP contribution in [0, 0.1) is 0 Å². The van der Waals surface area contributed by atoms with Gasteiger partial charge in [0.2, 0.25) is 15.9 Å². The molecule has 1 amide bonds. The molecule has 11 heteroatoms. The van der Waals surface area contributed by atoms with Crippen LogP contribution in [0.5, 0.6) is 0 Å². The number of nitrogens with zero attached hydrogens (tertiary/aromatic N) is 2. The second kappa shape index (κ2) is 9.72. The number of sulfonamides is 1. The lowest BCUT2D eigenvalue weighted by molar-refractivity contribution is -0.118. The summed E-state index contributed by atoms with van der Waals surface area (Å²) >= 11 is 0. The highest BCUT2D eigenvalue weighted by Crippen LogP contribution is 2.28. The predicted octanol–water partition coefficient (Wildman–Crippen LogP) is 1.98. The number of aromatic nitrogens is 1. The molecule has 1 heterocycles. The van der Waals surface area contributed by atoms with Crippen molar-refractivity contribution in [2.24, 2.45) is 5.73 Å². The second-order valence-electron chi connectivity index (χ2n) is 8.19. The molecular weight excluding hydrogens is 482 g/mol. The van der Waals surface area contributed by atoms with Crippen LogP contribution >= 0.6 is 0 Å². The number of nitrogens with two attached hydrogens (primary N) is 1. The van der Waals surface area contributed by atoms with Gasteiger partial charge < -0.3 is 16.4 Å². The number of carbonyl (C=O) groups is 1. The number of hydrogen-bond donors (Lipinski definition) is 3. The average molecular weight is 506 g/mol. The molecule has 10 nitrogen and oxygen atoms in total. The largest absolute Gasteiger partial charge is 0.368 e. The minimum Gasteiger partial charge on any atom is -0.368 e. The fraction of sp³-hybridized carbons (Fsp3) is 0.120. The van der Waals surface area contributed by atoms with Crippen molar-refractivity contribution in [3.63, 3.8) is 0 Å². The van der Waals surface area contributed by atoms with Crippen LogP contribution in [-0.2, 0) is 14.8 Å². The minimum atomic E-state index is -3.60. The maximum Gasteiger partial charge on any atom is 0.253 e. The van der Waals surface area contributed by atoms with Gasteiger partial charge in [0.05, 0.1) is 4.90 Å². The Labute approximate surface area is 207 Å². The number of anilines is 3. The number of benzene rings is 2. The third kappa shape index (κ3) is 4.74. The minimum absolute atomic E-state index is 0.0352. The molecule has 4 N–H and O–H groups in total. The topological polar surface area (TPSA) is 152 Å². The van der Waals surface area contributed by atoms with Crippen molar-refractivity contribution in [2.75, 3.05) is 24.7 Å². The molecule has 0 spiro atoms. The van der Waals surface area contributed by atoms with Crippen molar-refractivity contribution >= 4 is 33.0 Å². The van der Waals surface area contributed by atoms with Gasteiger partial charge in [-0.15, -0.1) is 0 Å². The molecule has 0 saturated carbocycles. The summed E-state index contributed by atoms with van der Waals surface area (Å²) in [5.74, 6) is -0.746. The van der Waals surface area contributed by atoms with Gasteiger partial charge in [0, 0.05) is 32.2 Å². The van der Waals surface area contributed by atoms with Gasteiger partial charge in [-0.1, -0.05) is 36.4 Å². The third-order valence-electron chi connectivity index (χ3n) is 5.62. The molecule has 1 unspecified atom stereocenters. The Morgan fingerprint density at radius 3 is 2.17 bits per heavy atom. The van der Waals surface area contributed by atoms with E-state index in [0.717, 1.165) is 4.31 Å². The molecular formula is C25H23N5O5S. The monoisotopic (exact) mass is 505 g/mol. The van der Waals surface area contributed by atoms with E-state index in [2.05, 4.69) is 15.6 Å². The maximum absolute atomic E-state index is 12.5. The van der Waals surface area contributed by atoms with Gasteiger partial charge >= 0.3 is 0 Å². The molecule has 0 radical (unpaired) electrons. The summed E-state index contributed by atoms with van der Waals surface area (Å²) in [6.07, 6.45) is 3.06. The van der Waals surface area contributed by atoms with Crippen LogP contribution in [0.1, 0.15) is 11.6 Å². The molecule has 0 saturated heterocycles. The first-order valence-corrected chi connectivity index (χ1v) is 12.2. The summed E-state index contributed by atoms with van der Waals surface area (Å²) in [6.45, 7) is 0. The maximum atomic E-state index is 12.5. The lowest BCUT2D eigenvalue weighted by Gasteiger charge is -2.21. The zero-order valence-corrected chi connectivity index (χ0v) is 20.2.